The van der Waals surface area contributed by atoms with E-state index >= 15 is 0 Å². The lowest BCUT2D eigenvalue weighted by Gasteiger charge is -2.31. The van der Waals surface area contributed by atoms with E-state index in [1.54, 1.807) is 6.20 Å². The molecule has 0 radical (unpaired) electrons. The van der Waals surface area contributed by atoms with Gasteiger partial charge in [-0.1, -0.05) is 26.2 Å². The topological polar surface area (TPSA) is 62.2 Å². The van der Waals surface area contributed by atoms with Crippen molar-refractivity contribution in [1.82, 2.24) is 10.3 Å². The Bertz CT molecular complexity index is 411. The molecule has 1 saturated carbocycles. The van der Waals surface area contributed by atoms with Crippen molar-refractivity contribution in [3.8, 4) is 0 Å². The lowest BCUT2D eigenvalue weighted by molar-refractivity contribution is 0.00529. The van der Waals surface area contributed by atoms with Crippen LogP contribution in [0.5, 0.6) is 0 Å². The molecule has 1 aliphatic rings. The van der Waals surface area contributed by atoms with Crippen molar-refractivity contribution in [1.29, 1.82) is 0 Å². The Labute approximate surface area is 111 Å². The van der Waals surface area contributed by atoms with Gasteiger partial charge in [0.2, 0.25) is 0 Å². The molecule has 0 bridgehead atoms. The first kappa shape index (κ1) is 13.5. The van der Waals surface area contributed by atoms with Gasteiger partial charge in [-0.15, -0.1) is 11.3 Å². The predicted octanol–water partition coefficient (Wildman–Crippen LogP) is 2.13. The average Bonchev–Trinajstić information content (AvgIpc) is 2.86. The lowest BCUT2D eigenvalue weighted by Crippen LogP contribution is -2.44. The molecule has 0 spiro atoms. The quantitative estimate of drug-likeness (QED) is 0.879. The van der Waals surface area contributed by atoms with Crippen LogP contribution in [-0.2, 0) is 6.42 Å². The number of hydrogen-bond acceptors (Lipinski definition) is 4. The fourth-order valence-electron chi connectivity index (χ4n) is 2.30. The zero-order valence-corrected chi connectivity index (χ0v) is 11.6. The van der Waals surface area contributed by atoms with Crippen LogP contribution in [0.2, 0.25) is 0 Å². The van der Waals surface area contributed by atoms with Crippen molar-refractivity contribution in [3.63, 3.8) is 0 Å². The Kier molecular flexibility index (Phi) is 4.35. The van der Waals surface area contributed by atoms with Crippen LogP contribution in [0.4, 0.5) is 0 Å². The second-order valence-corrected chi connectivity index (χ2v) is 6.05. The standard InChI is InChI=1S/C13H20N2O2S/c1-2-11-14-8-10(18-11)12(16)15-9-13(17)6-4-3-5-7-13/h8,17H,2-7,9H2,1H3,(H,15,16). The van der Waals surface area contributed by atoms with Crippen molar-refractivity contribution >= 4 is 17.2 Å². The molecule has 1 aromatic heterocycles. The van der Waals surface area contributed by atoms with E-state index in [2.05, 4.69) is 10.3 Å². The first-order valence-corrected chi connectivity index (χ1v) is 7.40. The largest absolute Gasteiger partial charge is 0.388 e. The Morgan fingerprint density at radius 2 is 2.22 bits per heavy atom. The van der Waals surface area contributed by atoms with Gasteiger partial charge in [0.1, 0.15) is 4.88 Å². The number of nitrogens with one attached hydrogen (secondary N) is 1. The summed E-state index contributed by atoms with van der Waals surface area (Å²) in [6, 6.07) is 0. The normalized spacial score (nSPS) is 18.6. The number of carbonyl (C=O) groups excluding carboxylic acids is 1. The summed E-state index contributed by atoms with van der Waals surface area (Å²) in [4.78, 5) is 16.7. The summed E-state index contributed by atoms with van der Waals surface area (Å²) < 4.78 is 0. The first-order valence-electron chi connectivity index (χ1n) is 6.58. The fraction of sp³-hybridized carbons (Fsp3) is 0.692. The molecule has 100 valence electrons. The van der Waals surface area contributed by atoms with Crippen LogP contribution < -0.4 is 5.32 Å². The minimum atomic E-state index is -0.702. The van der Waals surface area contributed by atoms with Crippen molar-refractivity contribution < 1.29 is 9.90 Å². The molecular weight excluding hydrogens is 248 g/mol. The molecule has 0 aliphatic heterocycles. The van der Waals surface area contributed by atoms with E-state index in [0.717, 1.165) is 37.1 Å². The number of aliphatic hydroxyl groups is 1. The summed E-state index contributed by atoms with van der Waals surface area (Å²) in [7, 11) is 0. The van der Waals surface area contributed by atoms with Crippen LogP contribution >= 0.6 is 11.3 Å². The minimum Gasteiger partial charge on any atom is -0.388 e. The number of thiazole rings is 1. The highest BCUT2D eigenvalue weighted by Crippen LogP contribution is 2.27. The molecule has 2 rings (SSSR count). The zero-order valence-electron chi connectivity index (χ0n) is 10.7. The SMILES string of the molecule is CCc1ncc(C(=O)NCC2(O)CCCCC2)s1. The van der Waals surface area contributed by atoms with Crippen molar-refractivity contribution in [2.24, 2.45) is 0 Å². The van der Waals surface area contributed by atoms with Gasteiger partial charge in [-0.25, -0.2) is 4.98 Å². The molecule has 1 amide bonds. The van der Waals surface area contributed by atoms with Crippen LogP contribution in [0.1, 0.15) is 53.7 Å². The molecule has 4 nitrogen and oxygen atoms in total. The molecule has 0 saturated heterocycles. The van der Waals surface area contributed by atoms with Gasteiger partial charge < -0.3 is 10.4 Å². The number of aryl methyl sites for hydroxylation is 1. The third kappa shape index (κ3) is 3.29. The maximum absolute atomic E-state index is 11.9. The molecular formula is C13H20N2O2S. The molecule has 1 aliphatic carbocycles. The molecule has 1 heterocycles. The highest BCUT2D eigenvalue weighted by molar-refractivity contribution is 7.13. The number of amides is 1. The third-order valence-corrected chi connectivity index (χ3v) is 4.58. The highest BCUT2D eigenvalue weighted by Gasteiger charge is 2.29. The Balaban J connectivity index is 1.87. The van der Waals surface area contributed by atoms with Gasteiger partial charge in [0.25, 0.3) is 5.91 Å². The molecule has 0 unspecified atom stereocenters. The molecule has 2 N–H and O–H groups in total. The molecule has 0 atom stereocenters. The Morgan fingerprint density at radius 1 is 1.50 bits per heavy atom. The average molecular weight is 268 g/mol. The van der Waals surface area contributed by atoms with E-state index in [-0.39, 0.29) is 5.91 Å². The van der Waals surface area contributed by atoms with Gasteiger partial charge >= 0.3 is 0 Å². The van der Waals surface area contributed by atoms with Crippen LogP contribution in [0.25, 0.3) is 0 Å². The van der Waals surface area contributed by atoms with E-state index in [0.29, 0.717) is 11.4 Å². The number of nitrogens with zero attached hydrogens (tertiary/aromatic N) is 1. The van der Waals surface area contributed by atoms with E-state index in [4.69, 9.17) is 0 Å². The smallest absolute Gasteiger partial charge is 0.263 e. The highest BCUT2D eigenvalue weighted by atomic mass is 32.1. The summed E-state index contributed by atoms with van der Waals surface area (Å²) in [6.07, 6.45) is 7.32. The van der Waals surface area contributed by atoms with Crippen molar-refractivity contribution in [2.75, 3.05) is 6.54 Å². The summed E-state index contributed by atoms with van der Waals surface area (Å²) in [6.45, 7) is 2.37. The number of rotatable bonds is 4. The van der Waals surface area contributed by atoms with Crippen LogP contribution in [0.15, 0.2) is 6.20 Å². The monoisotopic (exact) mass is 268 g/mol. The van der Waals surface area contributed by atoms with Crippen LogP contribution in [0.3, 0.4) is 0 Å². The summed E-state index contributed by atoms with van der Waals surface area (Å²) in [5.74, 6) is -0.119. The molecule has 18 heavy (non-hydrogen) atoms. The van der Waals surface area contributed by atoms with E-state index in [9.17, 15) is 9.90 Å². The van der Waals surface area contributed by atoms with Gasteiger partial charge in [-0.05, 0) is 19.3 Å². The molecule has 1 aromatic rings. The fourth-order valence-corrected chi connectivity index (χ4v) is 3.07. The predicted molar refractivity (Wildman–Crippen MR) is 71.9 cm³/mol. The van der Waals surface area contributed by atoms with Gasteiger partial charge in [0.15, 0.2) is 0 Å². The summed E-state index contributed by atoms with van der Waals surface area (Å²) in [5.41, 5.74) is -0.702. The van der Waals surface area contributed by atoms with Gasteiger partial charge in [0, 0.05) is 6.54 Å². The number of aromatic nitrogens is 1. The summed E-state index contributed by atoms with van der Waals surface area (Å²) in [5, 5.41) is 14.1. The van der Waals surface area contributed by atoms with Crippen LogP contribution in [-0.4, -0.2) is 28.1 Å². The molecule has 1 fully saturated rings. The zero-order chi connectivity index (χ0) is 13.0. The lowest BCUT2D eigenvalue weighted by atomic mass is 9.85. The maximum atomic E-state index is 11.9. The van der Waals surface area contributed by atoms with Crippen molar-refractivity contribution in [2.45, 2.75) is 51.0 Å². The van der Waals surface area contributed by atoms with Gasteiger partial charge in [0.05, 0.1) is 16.8 Å². The first-order chi connectivity index (χ1) is 8.63. The second-order valence-electron chi connectivity index (χ2n) is 4.94. The van der Waals surface area contributed by atoms with E-state index in [1.165, 1.54) is 17.8 Å². The van der Waals surface area contributed by atoms with Gasteiger partial charge in [-0.2, -0.15) is 0 Å². The Morgan fingerprint density at radius 3 is 2.83 bits per heavy atom. The second kappa shape index (κ2) is 5.80. The third-order valence-electron chi connectivity index (χ3n) is 3.44. The Hall–Kier alpha value is -0.940. The number of carbonyl (C=O) groups is 1. The van der Waals surface area contributed by atoms with Crippen LogP contribution in [0, 0.1) is 0 Å². The molecule has 0 aromatic carbocycles. The van der Waals surface area contributed by atoms with E-state index in [1.807, 2.05) is 6.92 Å². The van der Waals surface area contributed by atoms with Gasteiger partial charge in [-0.3, -0.25) is 4.79 Å². The van der Waals surface area contributed by atoms with Crippen molar-refractivity contribution in [3.05, 3.63) is 16.1 Å². The molecule has 5 heteroatoms. The summed E-state index contributed by atoms with van der Waals surface area (Å²) >= 11 is 1.42. The number of hydrogen-bond donors (Lipinski definition) is 2. The maximum Gasteiger partial charge on any atom is 0.263 e. The minimum absolute atomic E-state index is 0.119. The van der Waals surface area contributed by atoms with E-state index < -0.39 is 5.60 Å².